The number of hydrogen-bond acceptors (Lipinski definition) is 4. The van der Waals surface area contributed by atoms with Crippen molar-refractivity contribution < 1.29 is 14.2 Å². The fourth-order valence-corrected chi connectivity index (χ4v) is 1.98. The van der Waals surface area contributed by atoms with Crippen molar-refractivity contribution in [3.8, 4) is 5.75 Å². The van der Waals surface area contributed by atoms with Crippen molar-refractivity contribution in [3.05, 3.63) is 46.2 Å². The Hall–Kier alpha value is -1.46. The monoisotopic (exact) mass is 253 g/mol. The molecule has 0 aliphatic rings. The maximum atomic E-state index is 13.0. The summed E-state index contributed by atoms with van der Waals surface area (Å²) in [7, 11) is 0. The van der Waals surface area contributed by atoms with Gasteiger partial charge in [-0.1, -0.05) is 0 Å². The van der Waals surface area contributed by atoms with E-state index in [9.17, 15) is 9.50 Å². The maximum absolute atomic E-state index is 13.0. The summed E-state index contributed by atoms with van der Waals surface area (Å²) in [5.74, 6) is 0.0938. The molecule has 0 saturated carbocycles. The number of halogens is 1. The molecule has 0 spiro atoms. The van der Waals surface area contributed by atoms with Crippen LogP contribution in [0, 0.1) is 5.82 Å². The fraction of sp³-hybridized carbons (Fsp3) is 0.250. The standard InChI is InChI=1S/C12H12FNO2S/c1-8(15)11-4-9(13)2-3-12(11)16-5-10-6-17-7-14-10/h2-4,6-8,15H,5H2,1H3/t8-/m1/s1. The Labute approximate surface area is 103 Å². The third-order valence-corrected chi connectivity index (χ3v) is 2.92. The molecule has 0 saturated heterocycles. The van der Waals surface area contributed by atoms with Gasteiger partial charge in [-0.3, -0.25) is 0 Å². The second-order valence-corrected chi connectivity index (χ2v) is 4.35. The molecule has 90 valence electrons. The molecule has 1 atom stereocenters. The summed E-state index contributed by atoms with van der Waals surface area (Å²) in [5, 5.41) is 11.4. The highest BCUT2D eigenvalue weighted by Crippen LogP contribution is 2.26. The molecule has 3 nitrogen and oxygen atoms in total. The zero-order valence-electron chi connectivity index (χ0n) is 9.26. The number of rotatable bonds is 4. The van der Waals surface area contributed by atoms with Gasteiger partial charge in [0.25, 0.3) is 0 Å². The van der Waals surface area contributed by atoms with Crippen LogP contribution in [0.3, 0.4) is 0 Å². The van der Waals surface area contributed by atoms with Crippen LogP contribution >= 0.6 is 11.3 Å². The Morgan fingerprint density at radius 1 is 1.53 bits per heavy atom. The van der Waals surface area contributed by atoms with Gasteiger partial charge >= 0.3 is 0 Å². The lowest BCUT2D eigenvalue weighted by atomic mass is 10.1. The molecule has 0 fully saturated rings. The van der Waals surface area contributed by atoms with Crippen LogP contribution in [0.15, 0.2) is 29.1 Å². The number of benzene rings is 1. The summed E-state index contributed by atoms with van der Waals surface area (Å²) in [6, 6.07) is 4.10. The van der Waals surface area contributed by atoms with Crippen LogP contribution in [0.4, 0.5) is 4.39 Å². The first-order valence-electron chi connectivity index (χ1n) is 5.14. The van der Waals surface area contributed by atoms with Crippen molar-refractivity contribution in [1.82, 2.24) is 4.98 Å². The minimum atomic E-state index is -0.767. The van der Waals surface area contributed by atoms with Crippen molar-refractivity contribution in [2.45, 2.75) is 19.6 Å². The summed E-state index contributed by atoms with van der Waals surface area (Å²) in [5.41, 5.74) is 2.98. The quantitative estimate of drug-likeness (QED) is 0.911. The molecule has 0 aliphatic carbocycles. The maximum Gasteiger partial charge on any atom is 0.131 e. The first-order valence-corrected chi connectivity index (χ1v) is 6.08. The largest absolute Gasteiger partial charge is 0.487 e. The molecule has 0 unspecified atom stereocenters. The number of aliphatic hydroxyl groups is 1. The Bertz CT molecular complexity index is 485. The molecule has 17 heavy (non-hydrogen) atoms. The Morgan fingerprint density at radius 3 is 3.00 bits per heavy atom. The normalized spacial score (nSPS) is 12.4. The predicted octanol–water partition coefficient (Wildman–Crippen LogP) is 2.91. The predicted molar refractivity (Wildman–Crippen MR) is 63.5 cm³/mol. The van der Waals surface area contributed by atoms with Crippen LogP contribution in [0.5, 0.6) is 5.75 Å². The Morgan fingerprint density at radius 2 is 2.35 bits per heavy atom. The van der Waals surface area contributed by atoms with Crippen molar-refractivity contribution in [2.75, 3.05) is 0 Å². The number of hydrogen-bond donors (Lipinski definition) is 1. The Kier molecular flexibility index (Phi) is 3.71. The van der Waals surface area contributed by atoms with E-state index < -0.39 is 6.10 Å². The van der Waals surface area contributed by atoms with Gasteiger partial charge in [0, 0.05) is 10.9 Å². The van der Waals surface area contributed by atoms with E-state index in [0.717, 1.165) is 5.69 Å². The second-order valence-electron chi connectivity index (χ2n) is 3.63. The molecule has 5 heteroatoms. The number of thiazole rings is 1. The number of aromatic nitrogens is 1. The van der Waals surface area contributed by atoms with Gasteiger partial charge in [-0.25, -0.2) is 9.37 Å². The Balaban J connectivity index is 2.14. The van der Waals surface area contributed by atoms with Crippen LogP contribution in [-0.2, 0) is 6.61 Å². The topological polar surface area (TPSA) is 42.4 Å². The average Bonchev–Trinajstić information content (AvgIpc) is 2.80. The van der Waals surface area contributed by atoms with Gasteiger partial charge in [0.05, 0.1) is 17.3 Å². The third kappa shape index (κ3) is 3.01. The van der Waals surface area contributed by atoms with E-state index >= 15 is 0 Å². The lowest BCUT2D eigenvalue weighted by Gasteiger charge is -2.12. The van der Waals surface area contributed by atoms with E-state index in [1.807, 2.05) is 5.38 Å². The fourth-order valence-electron chi connectivity index (χ4n) is 1.44. The first kappa shape index (κ1) is 12.0. The average molecular weight is 253 g/mol. The van der Waals surface area contributed by atoms with Crippen molar-refractivity contribution in [1.29, 1.82) is 0 Å². The number of aliphatic hydroxyl groups excluding tert-OH is 1. The van der Waals surface area contributed by atoms with Crippen LogP contribution in [-0.4, -0.2) is 10.1 Å². The summed E-state index contributed by atoms with van der Waals surface area (Å²) >= 11 is 1.49. The summed E-state index contributed by atoms with van der Waals surface area (Å²) in [6.07, 6.45) is -0.767. The lowest BCUT2D eigenvalue weighted by molar-refractivity contribution is 0.189. The first-order chi connectivity index (χ1) is 8.16. The molecule has 0 amide bonds. The van der Waals surface area contributed by atoms with Gasteiger partial charge in [0.15, 0.2) is 0 Å². The van der Waals surface area contributed by atoms with Gasteiger partial charge in [-0.05, 0) is 25.1 Å². The van der Waals surface area contributed by atoms with Crippen molar-refractivity contribution in [3.63, 3.8) is 0 Å². The van der Waals surface area contributed by atoms with E-state index in [2.05, 4.69) is 4.98 Å². The van der Waals surface area contributed by atoms with Crippen LogP contribution in [0.2, 0.25) is 0 Å². The molecule has 0 radical (unpaired) electrons. The summed E-state index contributed by atoms with van der Waals surface area (Å²) < 4.78 is 18.6. The molecule has 1 aromatic carbocycles. The molecular formula is C12H12FNO2S. The van der Waals surface area contributed by atoms with Crippen LogP contribution in [0.1, 0.15) is 24.3 Å². The highest BCUT2D eigenvalue weighted by molar-refractivity contribution is 7.07. The summed E-state index contributed by atoms with van der Waals surface area (Å²) in [6.45, 7) is 1.89. The van der Waals surface area contributed by atoms with E-state index in [0.29, 0.717) is 17.9 Å². The molecular weight excluding hydrogens is 241 g/mol. The third-order valence-electron chi connectivity index (χ3n) is 2.28. The lowest BCUT2D eigenvalue weighted by Crippen LogP contribution is -2.01. The molecule has 1 heterocycles. The second kappa shape index (κ2) is 5.25. The minimum absolute atomic E-state index is 0.314. The number of ether oxygens (including phenoxy) is 1. The molecule has 1 N–H and O–H groups in total. The molecule has 1 aromatic heterocycles. The summed E-state index contributed by atoms with van der Waals surface area (Å²) in [4.78, 5) is 4.08. The van der Waals surface area contributed by atoms with Gasteiger partial charge in [0.2, 0.25) is 0 Å². The number of nitrogens with zero attached hydrogens (tertiary/aromatic N) is 1. The zero-order valence-corrected chi connectivity index (χ0v) is 10.1. The van der Waals surface area contributed by atoms with Gasteiger partial charge in [-0.2, -0.15) is 0 Å². The van der Waals surface area contributed by atoms with Gasteiger partial charge in [0.1, 0.15) is 18.2 Å². The minimum Gasteiger partial charge on any atom is -0.487 e. The zero-order chi connectivity index (χ0) is 12.3. The molecule has 0 bridgehead atoms. The SMILES string of the molecule is C[C@@H](O)c1cc(F)ccc1OCc1cscn1. The van der Waals surface area contributed by atoms with Crippen LogP contribution in [0.25, 0.3) is 0 Å². The van der Waals surface area contributed by atoms with Crippen LogP contribution < -0.4 is 4.74 Å². The molecule has 0 aliphatic heterocycles. The molecule has 2 rings (SSSR count). The van der Waals surface area contributed by atoms with E-state index in [1.165, 1.54) is 29.5 Å². The van der Waals surface area contributed by atoms with E-state index in [-0.39, 0.29) is 5.82 Å². The van der Waals surface area contributed by atoms with Gasteiger partial charge < -0.3 is 9.84 Å². The highest BCUT2D eigenvalue weighted by Gasteiger charge is 2.11. The van der Waals surface area contributed by atoms with Crippen molar-refractivity contribution in [2.24, 2.45) is 0 Å². The van der Waals surface area contributed by atoms with E-state index in [4.69, 9.17) is 4.74 Å². The van der Waals surface area contributed by atoms with Crippen molar-refractivity contribution >= 4 is 11.3 Å². The smallest absolute Gasteiger partial charge is 0.131 e. The molecule has 2 aromatic rings. The highest BCUT2D eigenvalue weighted by atomic mass is 32.1. The van der Waals surface area contributed by atoms with E-state index in [1.54, 1.807) is 12.4 Å². The van der Waals surface area contributed by atoms with Gasteiger partial charge in [-0.15, -0.1) is 11.3 Å².